The molecule has 0 unspecified atom stereocenters. The number of rotatable bonds is 27. The number of nitrogens with two attached hydrogens (primary N) is 5. The number of nitrogens with zero attached hydrogens (tertiary/aromatic N) is 2. The van der Waals surface area contributed by atoms with Crippen molar-refractivity contribution in [3.63, 3.8) is 0 Å². The van der Waals surface area contributed by atoms with Crippen LogP contribution in [0.5, 0.6) is 0 Å². The van der Waals surface area contributed by atoms with E-state index >= 15 is 0 Å². The van der Waals surface area contributed by atoms with Gasteiger partial charge in [0.2, 0.25) is 29.5 Å². The van der Waals surface area contributed by atoms with Crippen molar-refractivity contribution in [3.05, 3.63) is 36.0 Å². The molecule has 0 saturated heterocycles. The average molecular weight is 862 g/mol. The van der Waals surface area contributed by atoms with Gasteiger partial charge >= 0.3 is 5.97 Å². The van der Waals surface area contributed by atoms with Gasteiger partial charge in [0.1, 0.15) is 30.2 Å². The molecule has 0 aliphatic carbocycles. The first kappa shape index (κ1) is 50.5. The highest BCUT2D eigenvalue weighted by Gasteiger charge is 2.34. The zero-order valence-electron chi connectivity index (χ0n) is 34.6. The van der Waals surface area contributed by atoms with Crippen LogP contribution in [0.25, 0.3) is 10.9 Å². The lowest BCUT2D eigenvalue weighted by Crippen LogP contribution is -2.61. The van der Waals surface area contributed by atoms with Crippen LogP contribution in [0, 0.1) is 5.92 Å². The van der Waals surface area contributed by atoms with Crippen molar-refractivity contribution in [2.24, 2.45) is 44.6 Å². The SMILES string of the molecule is CSCC[C@H](N)C(=O)N[C@@H](CCCN=C(N)N)C(=O)N[C@H](C(=O)N[C@@H](CCCN=C(N)N)C(=O)N[C@@H](CC(C)C)C(=O)N[C@@H](Cc1c[nH]c2ccccc12)C(=O)O)[C@@H](C)O. The standard InChI is InChI=1S/C38H63N13O8S/c1-20(2)17-28(34(56)50-29(36(58)59)18-22-19-46-25-10-6-5-9-23(22)25)49-32(54)26(11-7-14-44-37(40)41)48-35(57)30(21(3)52)51-33(55)27(12-8-15-45-38(42)43)47-31(53)24(39)13-16-60-4/h5-6,9-10,19-21,24,26-30,46,52H,7-8,11-18,39H2,1-4H3,(H,47,53)(H,48,57)(H,49,54)(H,50,56)(H,51,55)(H,58,59)(H4,40,41,44)(H4,42,43,45)/t21-,24+,26+,27+,28+,29+,30+/m1/s1. The monoisotopic (exact) mass is 861 g/mol. The Bertz CT molecular complexity index is 1800. The molecule has 18 N–H and O–H groups in total. The van der Waals surface area contributed by atoms with Crippen molar-refractivity contribution in [2.45, 2.75) is 108 Å². The number of aliphatic imine (C=N–C) groups is 2. The van der Waals surface area contributed by atoms with Gasteiger partial charge in [0.25, 0.3) is 0 Å². The number of hydrogen-bond acceptors (Lipinski definition) is 11. The lowest BCUT2D eigenvalue weighted by molar-refractivity contribution is -0.142. The van der Waals surface area contributed by atoms with E-state index < -0.39 is 77.9 Å². The van der Waals surface area contributed by atoms with E-state index in [1.54, 1.807) is 6.20 Å². The summed E-state index contributed by atoms with van der Waals surface area (Å²) in [5.74, 6) is -5.15. The normalized spacial score (nSPS) is 14.7. The van der Waals surface area contributed by atoms with Crippen LogP contribution in [-0.4, -0.2) is 130 Å². The molecule has 0 spiro atoms. The molecule has 2 rings (SSSR count). The third-order valence-electron chi connectivity index (χ3n) is 9.24. The Morgan fingerprint density at radius 1 is 0.733 bits per heavy atom. The average Bonchev–Trinajstić information content (AvgIpc) is 3.59. The maximum atomic E-state index is 14.0. The number of nitrogens with one attached hydrogen (secondary N) is 6. The van der Waals surface area contributed by atoms with Gasteiger partial charge in [-0.2, -0.15) is 11.8 Å². The number of fused-ring (bicyclic) bond motifs is 1. The highest BCUT2D eigenvalue weighted by molar-refractivity contribution is 7.98. The Kier molecular flexibility index (Phi) is 21.7. The fraction of sp³-hybridized carbons (Fsp3) is 0.579. The molecule has 334 valence electrons. The second kappa shape index (κ2) is 25.8. The van der Waals surface area contributed by atoms with Gasteiger partial charge in [-0.1, -0.05) is 32.0 Å². The summed E-state index contributed by atoms with van der Waals surface area (Å²) >= 11 is 1.49. The molecule has 1 heterocycles. The molecule has 2 aromatic rings. The number of guanidine groups is 2. The first-order valence-electron chi connectivity index (χ1n) is 19.7. The van der Waals surface area contributed by atoms with Crippen LogP contribution in [0.4, 0.5) is 0 Å². The van der Waals surface area contributed by atoms with Gasteiger partial charge in [-0.05, 0) is 75.0 Å². The van der Waals surface area contributed by atoms with Crippen LogP contribution in [0.3, 0.4) is 0 Å². The van der Waals surface area contributed by atoms with E-state index in [2.05, 4.69) is 41.6 Å². The van der Waals surface area contributed by atoms with E-state index in [0.717, 1.165) is 10.9 Å². The van der Waals surface area contributed by atoms with Gasteiger partial charge in [-0.3, -0.25) is 34.0 Å². The number of aliphatic hydroxyl groups is 1. The molecule has 0 aliphatic rings. The maximum Gasteiger partial charge on any atom is 0.326 e. The van der Waals surface area contributed by atoms with Gasteiger partial charge in [-0.15, -0.1) is 0 Å². The Balaban J connectivity index is 2.32. The number of amides is 5. The molecule has 0 aliphatic heterocycles. The van der Waals surface area contributed by atoms with Crippen LogP contribution in [0.15, 0.2) is 40.4 Å². The fourth-order valence-corrected chi connectivity index (χ4v) is 6.58. The molecule has 0 saturated carbocycles. The summed E-state index contributed by atoms with van der Waals surface area (Å²) < 4.78 is 0. The molecule has 0 fully saturated rings. The van der Waals surface area contributed by atoms with E-state index in [0.29, 0.717) is 17.7 Å². The van der Waals surface area contributed by atoms with Crippen molar-refractivity contribution in [3.8, 4) is 0 Å². The summed E-state index contributed by atoms with van der Waals surface area (Å²) in [6.45, 7) is 5.08. The summed E-state index contributed by atoms with van der Waals surface area (Å²) in [6, 6.07) is -0.355. The highest BCUT2D eigenvalue weighted by Crippen LogP contribution is 2.19. The van der Waals surface area contributed by atoms with Gasteiger partial charge in [-0.25, -0.2) is 4.79 Å². The molecule has 5 amide bonds. The smallest absolute Gasteiger partial charge is 0.326 e. The van der Waals surface area contributed by atoms with Crippen molar-refractivity contribution >= 4 is 70.1 Å². The molecule has 1 aromatic heterocycles. The van der Waals surface area contributed by atoms with Crippen molar-refractivity contribution in [1.82, 2.24) is 31.6 Å². The van der Waals surface area contributed by atoms with Crippen molar-refractivity contribution in [2.75, 3.05) is 25.1 Å². The number of carboxylic acids is 1. The minimum absolute atomic E-state index is 0.0391. The number of aromatic nitrogens is 1. The first-order valence-corrected chi connectivity index (χ1v) is 21.1. The summed E-state index contributed by atoms with van der Waals surface area (Å²) in [6.07, 6.45) is 2.85. The predicted octanol–water partition coefficient (Wildman–Crippen LogP) is -2.17. The number of carbonyl (C=O) groups excluding carboxylic acids is 5. The summed E-state index contributed by atoms with van der Waals surface area (Å²) in [7, 11) is 0. The van der Waals surface area contributed by atoms with E-state index in [4.69, 9.17) is 28.7 Å². The summed E-state index contributed by atoms with van der Waals surface area (Å²) in [4.78, 5) is 91.3. The number of carboxylic acid groups (broad SMARTS) is 1. The molecular formula is C38H63N13O8S. The van der Waals surface area contributed by atoms with E-state index in [1.165, 1.54) is 18.7 Å². The van der Waals surface area contributed by atoms with Gasteiger partial charge < -0.3 is 70.4 Å². The zero-order valence-corrected chi connectivity index (χ0v) is 35.4. The Hall–Kier alpha value is -5.61. The second-order valence-electron chi connectivity index (χ2n) is 14.8. The summed E-state index contributed by atoms with van der Waals surface area (Å²) in [5, 5.41) is 34.4. The third-order valence-corrected chi connectivity index (χ3v) is 9.89. The minimum atomic E-state index is -1.62. The molecule has 60 heavy (non-hydrogen) atoms. The molecule has 1 aromatic carbocycles. The fourth-order valence-electron chi connectivity index (χ4n) is 6.09. The van der Waals surface area contributed by atoms with E-state index in [1.807, 2.05) is 44.4 Å². The number of hydrogen-bond donors (Lipinski definition) is 13. The third kappa shape index (κ3) is 17.7. The lowest BCUT2D eigenvalue weighted by atomic mass is 10.00. The second-order valence-corrected chi connectivity index (χ2v) is 15.8. The van der Waals surface area contributed by atoms with Crippen LogP contribution >= 0.6 is 11.8 Å². The van der Waals surface area contributed by atoms with Gasteiger partial charge in [0, 0.05) is 36.6 Å². The van der Waals surface area contributed by atoms with Gasteiger partial charge in [0.15, 0.2) is 11.9 Å². The lowest BCUT2D eigenvalue weighted by Gasteiger charge is -2.28. The minimum Gasteiger partial charge on any atom is -0.480 e. The van der Waals surface area contributed by atoms with E-state index in [9.17, 15) is 39.0 Å². The number of thioether (sulfide) groups is 1. The summed E-state index contributed by atoms with van der Waals surface area (Å²) in [5.41, 5.74) is 29.2. The first-order chi connectivity index (χ1) is 28.3. The van der Waals surface area contributed by atoms with Crippen LogP contribution in [0.2, 0.25) is 0 Å². The maximum absolute atomic E-state index is 14.0. The number of aliphatic carboxylic acids is 1. The Morgan fingerprint density at radius 2 is 1.25 bits per heavy atom. The quantitative estimate of drug-likeness (QED) is 0.0259. The largest absolute Gasteiger partial charge is 0.480 e. The number of carbonyl (C=O) groups is 6. The number of benzene rings is 1. The molecular weight excluding hydrogens is 799 g/mol. The Labute approximate surface area is 353 Å². The number of H-pyrrole nitrogens is 1. The van der Waals surface area contributed by atoms with Gasteiger partial charge in [0.05, 0.1) is 12.1 Å². The van der Waals surface area contributed by atoms with Crippen molar-refractivity contribution < 1.29 is 39.0 Å². The van der Waals surface area contributed by atoms with Crippen LogP contribution in [0.1, 0.15) is 64.9 Å². The Morgan fingerprint density at radius 3 is 1.78 bits per heavy atom. The number of aromatic amines is 1. The zero-order chi connectivity index (χ0) is 44.9. The molecule has 7 atom stereocenters. The molecule has 22 heteroatoms. The van der Waals surface area contributed by atoms with Crippen LogP contribution in [-0.2, 0) is 35.2 Å². The number of aliphatic hydroxyl groups excluding tert-OH is 1. The molecule has 0 radical (unpaired) electrons. The van der Waals surface area contributed by atoms with Crippen LogP contribution < -0.4 is 55.3 Å². The number of para-hydroxylation sites is 1. The van der Waals surface area contributed by atoms with E-state index in [-0.39, 0.29) is 69.5 Å². The highest BCUT2D eigenvalue weighted by atomic mass is 32.2. The van der Waals surface area contributed by atoms with Crippen molar-refractivity contribution in [1.29, 1.82) is 0 Å². The predicted molar refractivity (Wildman–Crippen MR) is 231 cm³/mol. The molecule has 0 bridgehead atoms. The topological polar surface area (TPSA) is 374 Å². The molecule has 21 nitrogen and oxygen atoms in total.